The molecule has 5 rings (SSSR count). The SMILES string of the molecule is CN(Cc1cnc(C2CCC2)nc1)C1CN(c2ccc(C3CC3)nn2)C1. The quantitative estimate of drug-likeness (QED) is 0.798. The third-order valence-electron chi connectivity index (χ3n) is 6.10. The van der Waals surface area contributed by atoms with E-state index in [2.05, 4.69) is 49.1 Å². The lowest BCUT2D eigenvalue weighted by atomic mass is 9.85. The standard InChI is InChI=1S/C20H26N6/c1-25(11-14-9-21-20(22-10-14)16-3-2-4-16)17-12-26(13-17)19-8-7-18(23-24-19)15-5-6-15/h7-10,15-17H,2-6,11-13H2,1H3. The molecule has 6 heteroatoms. The van der Waals surface area contributed by atoms with Crippen LogP contribution in [0.25, 0.3) is 0 Å². The van der Waals surface area contributed by atoms with Crippen molar-refractivity contribution in [1.82, 2.24) is 25.1 Å². The van der Waals surface area contributed by atoms with Gasteiger partial charge in [-0.1, -0.05) is 6.42 Å². The maximum Gasteiger partial charge on any atom is 0.151 e. The molecular formula is C20H26N6. The highest BCUT2D eigenvalue weighted by molar-refractivity contribution is 5.42. The first-order valence-corrected chi connectivity index (χ1v) is 9.86. The van der Waals surface area contributed by atoms with E-state index in [0.29, 0.717) is 17.9 Å². The molecule has 0 radical (unpaired) electrons. The predicted octanol–water partition coefficient (Wildman–Crippen LogP) is 2.73. The molecule has 1 saturated heterocycles. The summed E-state index contributed by atoms with van der Waals surface area (Å²) in [5.41, 5.74) is 2.36. The summed E-state index contributed by atoms with van der Waals surface area (Å²) in [5.74, 6) is 3.32. The second-order valence-corrected chi connectivity index (χ2v) is 8.14. The van der Waals surface area contributed by atoms with Crippen LogP contribution >= 0.6 is 0 Å². The molecule has 2 aliphatic carbocycles. The Bertz CT molecular complexity index is 745. The zero-order valence-electron chi connectivity index (χ0n) is 15.4. The van der Waals surface area contributed by atoms with Crippen molar-refractivity contribution in [3.05, 3.63) is 41.6 Å². The Labute approximate surface area is 154 Å². The van der Waals surface area contributed by atoms with Crippen molar-refractivity contribution in [1.29, 1.82) is 0 Å². The molecule has 2 aromatic rings. The largest absolute Gasteiger partial charge is 0.352 e. The first-order chi connectivity index (χ1) is 12.8. The summed E-state index contributed by atoms with van der Waals surface area (Å²) in [5, 5.41) is 8.81. The van der Waals surface area contributed by atoms with E-state index in [0.717, 1.165) is 37.0 Å². The molecule has 1 aliphatic heterocycles. The van der Waals surface area contributed by atoms with Crippen molar-refractivity contribution in [3.63, 3.8) is 0 Å². The smallest absolute Gasteiger partial charge is 0.151 e. The molecule has 3 heterocycles. The second kappa shape index (κ2) is 6.58. The molecule has 0 aromatic carbocycles. The Morgan fingerprint density at radius 2 is 1.77 bits per heavy atom. The van der Waals surface area contributed by atoms with E-state index in [1.54, 1.807) is 0 Å². The molecule has 0 spiro atoms. The molecule has 26 heavy (non-hydrogen) atoms. The fraction of sp³-hybridized carbons (Fsp3) is 0.600. The van der Waals surface area contributed by atoms with Crippen LogP contribution in [0.1, 0.15) is 61.0 Å². The average Bonchev–Trinajstić information content (AvgIpc) is 3.39. The van der Waals surface area contributed by atoms with Crippen LogP contribution in [0.3, 0.4) is 0 Å². The van der Waals surface area contributed by atoms with E-state index in [1.165, 1.54) is 37.7 Å². The van der Waals surface area contributed by atoms with Crippen molar-refractivity contribution in [2.24, 2.45) is 0 Å². The Kier molecular flexibility index (Phi) is 4.08. The van der Waals surface area contributed by atoms with Crippen LogP contribution in [0.15, 0.2) is 24.5 Å². The van der Waals surface area contributed by atoms with Gasteiger partial charge in [-0.25, -0.2) is 9.97 Å². The second-order valence-electron chi connectivity index (χ2n) is 8.14. The van der Waals surface area contributed by atoms with Gasteiger partial charge < -0.3 is 4.90 Å². The first-order valence-electron chi connectivity index (χ1n) is 9.86. The van der Waals surface area contributed by atoms with Gasteiger partial charge in [0.1, 0.15) is 5.82 Å². The van der Waals surface area contributed by atoms with E-state index >= 15 is 0 Å². The van der Waals surface area contributed by atoms with E-state index in [-0.39, 0.29) is 0 Å². The summed E-state index contributed by atoms with van der Waals surface area (Å²) in [6, 6.07) is 4.83. The first kappa shape index (κ1) is 16.1. The normalized spacial score (nSPS) is 20.9. The van der Waals surface area contributed by atoms with Crippen LogP contribution in [0.4, 0.5) is 5.82 Å². The Balaban J connectivity index is 1.13. The molecule has 0 unspecified atom stereocenters. The fourth-order valence-corrected chi connectivity index (χ4v) is 3.76. The van der Waals surface area contributed by atoms with Gasteiger partial charge in [0.25, 0.3) is 0 Å². The number of anilines is 1. The lowest BCUT2D eigenvalue weighted by molar-refractivity contribution is 0.196. The Morgan fingerprint density at radius 1 is 1.00 bits per heavy atom. The minimum absolute atomic E-state index is 0.547. The Morgan fingerprint density at radius 3 is 2.35 bits per heavy atom. The Hall–Kier alpha value is -2.08. The highest BCUT2D eigenvalue weighted by Crippen LogP contribution is 2.39. The number of nitrogens with zero attached hydrogens (tertiary/aromatic N) is 6. The van der Waals surface area contributed by atoms with Crippen molar-refractivity contribution in [3.8, 4) is 0 Å². The lowest BCUT2D eigenvalue weighted by Gasteiger charge is -2.44. The monoisotopic (exact) mass is 350 g/mol. The van der Waals surface area contributed by atoms with Crippen LogP contribution in [-0.4, -0.2) is 51.2 Å². The summed E-state index contributed by atoms with van der Waals surface area (Å²) in [7, 11) is 2.18. The third kappa shape index (κ3) is 3.18. The summed E-state index contributed by atoms with van der Waals surface area (Å²) >= 11 is 0. The summed E-state index contributed by atoms with van der Waals surface area (Å²) in [6.45, 7) is 2.92. The fourth-order valence-electron chi connectivity index (χ4n) is 3.76. The minimum atomic E-state index is 0.547. The van der Waals surface area contributed by atoms with Crippen LogP contribution in [0.5, 0.6) is 0 Å². The molecule has 0 atom stereocenters. The molecule has 136 valence electrons. The van der Waals surface area contributed by atoms with Gasteiger partial charge >= 0.3 is 0 Å². The van der Waals surface area contributed by atoms with Gasteiger partial charge in [0.05, 0.1) is 5.69 Å². The van der Waals surface area contributed by atoms with Gasteiger partial charge in [0, 0.05) is 55.5 Å². The van der Waals surface area contributed by atoms with Crippen molar-refractivity contribution < 1.29 is 0 Å². The number of hydrogen-bond acceptors (Lipinski definition) is 6. The summed E-state index contributed by atoms with van der Waals surface area (Å²) < 4.78 is 0. The van der Waals surface area contributed by atoms with Crippen LogP contribution in [0.2, 0.25) is 0 Å². The van der Waals surface area contributed by atoms with Gasteiger partial charge in [-0.05, 0) is 44.9 Å². The van der Waals surface area contributed by atoms with Gasteiger partial charge in [-0.15, -0.1) is 5.10 Å². The maximum absolute atomic E-state index is 4.58. The lowest BCUT2D eigenvalue weighted by Crippen LogP contribution is -2.58. The summed E-state index contributed by atoms with van der Waals surface area (Å²) in [4.78, 5) is 13.9. The van der Waals surface area contributed by atoms with Gasteiger partial charge in [-0.3, -0.25) is 4.90 Å². The van der Waals surface area contributed by atoms with Crippen molar-refractivity contribution >= 4 is 5.82 Å². The predicted molar refractivity (Wildman–Crippen MR) is 100 cm³/mol. The van der Waals surface area contributed by atoms with Gasteiger partial charge in [0.15, 0.2) is 5.82 Å². The van der Waals surface area contributed by atoms with E-state index in [9.17, 15) is 0 Å². The van der Waals surface area contributed by atoms with Crippen LogP contribution < -0.4 is 4.90 Å². The molecule has 2 saturated carbocycles. The molecule has 0 N–H and O–H groups in total. The topological polar surface area (TPSA) is 58.0 Å². The molecule has 0 amide bonds. The maximum atomic E-state index is 4.58. The van der Waals surface area contributed by atoms with Crippen molar-refractivity contribution in [2.45, 2.75) is 56.5 Å². The number of likely N-dealkylation sites (N-methyl/N-ethyl adjacent to an activating group) is 1. The average molecular weight is 350 g/mol. The van der Waals surface area contributed by atoms with Crippen LogP contribution in [-0.2, 0) is 6.54 Å². The zero-order valence-corrected chi connectivity index (χ0v) is 15.4. The van der Waals surface area contributed by atoms with E-state index in [4.69, 9.17) is 0 Å². The molecule has 6 nitrogen and oxygen atoms in total. The molecule has 2 aromatic heterocycles. The van der Waals surface area contributed by atoms with Gasteiger partial charge in [0.2, 0.25) is 0 Å². The van der Waals surface area contributed by atoms with Crippen LogP contribution in [0, 0.1) is 0 Å². The number of rotatable bonds is 6. The van der Waals surface area contributed by atoms with E-state index in [1.807, 2.05) is 12.4 Å². The molecule has 0 bridgehead atoms. The van der Waals surface area contributed by atoms with Gasteiger partial charge in [-0.2, -0.15) is 5.10 Å². The molecular weight excluding hydrogens is 324 g/mol. The highest BCUT2D eigenvalue weighted by Gasteiger charge is 2.32. The van der Waals surface area contributed by atoms with E-state index < -0.39 is 0 Å². The summed E-state index contributed by atoms with van der Waals surface area (Å²) in [6.07, 6.45) is 10.4. The minimum Gasteiger partial charge on any atom is -0.352 e. The highest BCUT2D eigenvalue weighted by atomic mass is 15.4. The molecule has 3 fully saturated rings. The number of aromatic nitrogens is 4. The number of hydrogen-bond donors (Lipinski definition) is 0. The zero-order chi connectivity index (χ0) is 17.5. The molecule has 3 aliphatic rings. The van der Waals surface area contributed by atoms with Crippen molar-refractivity contribution in [2.75, 3.05) is 25.0 Å². The third-order valence-corrected chi connectivity index (χ3v) is 6.10.